The molecular weight excluding hydrogens is 252 g/mol. The number of nitrogens with one attached hydrogen (secondary N) is 2. The molecule has 19 heavy (non-hydrogen) atoms. The maximum atomic E-state index is 11.7. The van der Waals surface area contributed by atoms with Gasteiger partial charge in [-0.1, -0.05) is 0 Å². The average molecular weight is 268 g/mol. The Hall–Kier alpha value is -2.28. The molecular formula is C12H16N2O5. The van der Waals surface area contributed by atoms with Crippen LogP contribution in [0.1, 0.15) is 0 Å². The van der Waals surface area contributed by atoms with Gasteiger partial charge in [-0.2, -0.15) is 0 Å². The third kappa shape index (κ3) is 3.59. The van der Waals surface area contributed by atoms with Gasteiger partial charge in [-0.25, -0.2) is 4.79 Å². The number of hydrogen-bond donors (Lipinski definition) is 3. The van der Waals surface area contributed by atoms with Crippen LogP contribution in [0.15, 0.2) is 18.2 Å². The molecule has 1 atom stereocenters. The largest absolute Gasteiger partial charge is 0.493 e. The molecule has 1 unspecified atom stereocenters. The molecule has 1 rings (SSSR count). The zero-order valence-corrected chi connectivity index (χ0v) is 10.9. The van der Waals surface area contributed by atoms with Crippen molar-refractivity contribution >= 4 is 17.6 Å². The van der Waals surface area contributed by atoms with Gasteiger partial charge in [-0.05, 0) is 19.2 Å². The molecule has 0 fully saturated rings. The predicted octanol–water partition coefficient (Wildman–Crippen LogP) is 0.315. The number of methoxy groups -OCH3 is 2. The number of amides is 1. The SMILES string of the molecule is CNC(C(=O)O)C(=O)Nc1ccc(OC)c(OC)c1. The van der Waals surface area contributed by atoms with Gasteiger partial charge in [0.25, 0.3) is 5.91 Å². The first-order valence-electron chi connectivity index (χ1n) is 5.46. The summed E-state index contributed by atoms with van der Waals surface area (Å²) in [5.74, 6) is -0.955. The van der Waals surface area contributed by atoms with E-state index in [0.717, 1.165) is 0 Å². The van der Waals surface area contributed by atoms with E-state index >= 15 is 0 Å². The molecule has 0 heterocycles. The number of anilines is 1. The van der Waals surface area contributed by atoms with Gasteiger partial charge in [-0.3, -0.25) is 10.1 Å². The van der Waals surface area contributed by atoms with Crippen LogP contribution in [-0.4, -0.2) is 44.3 Å². The fourth-order valence-electron chi connectivity index (χ4n) is 1.50. The predicted molar refractivity (Wildman–Crippen MR) is 68.7 cm³/mol. The van der Waals surface area contributed by atoms with Crippen LogP contribution in [0.4, 0.5) is 5.69 Å². The Balaban J connectivity index is 2.88. The maximum Gasteiger partial charge on any atom is 0.330 e. The van der Waals surface area contributed by atoms with Gasteiger partial charge in [0.05, 0.1) is 14.2 Å². The highest BCUT2D eigenvalue weighted by atomic mass is 16.5. The standard InChI is InChI=1S/C12H16N2O5/c1-13-10(12(16)17)11(15)14-7-4-5-8(18-2)9(6-7)19-3/h4-6,10,13H,1-3H3,(H,14,15)(H,16,17). The van der Waals surface area contributed by atoms with Crippen molar-refractivity contribution in [2.45, 2.75) is 6.04 Å². The van der Waals surface area contributed by atoms with E-state index in [1.165, 1.54) is 21.3 Å². The molecule has 7 heteroatoms. The second kappa shape index (κ2) is 6.60. The first kappa shape index (κ1) is 14.8. The summed E-state index contributed by atoms with van der Waals surface area (Å²) in [5.41, 5.74) is 0.421. The lowest BCUT2D eigenvalue weighted by Gasteiger charge is -2.13. The highest BCUT2D eigenvalue weighted by Gasteiger charge is 2.24. The van der Waals surface area contributed by atoms with Crippen LogP contribution in [0.5, 0.6) is 11.5 Å². The fraction of sp³-hybridized carbons (Fsp3) is 0.333. The molecule has 7 nitrogen and oxygen atoms in total. The number of benzene rings is 1. The monoisotopic (exact) mass is 268 g/mol. The van der Waals surface area contributed by atoms with Crippen LogP contribution in [0.3, 0.4) is 0 Å². The number of carbonyl (C=O) groups excluding carboxylic acids is 1. The average Bonchev–Trinajstić information content (AvgIpc) is 2.38. The highest BCUT2D eigenvalue weighted by Crippen LogP contribution is 2.29. The van der Waals surface area contributed by atoms with Gasteiger partial charge in [-0.15, -0.1) is 0 Å². The van der Waals surface area contributed by atoms with Gasteiger partial charge in [0.15, 0.2) is 17.5 Å². The number of likely N-dealkylation sites (N-methyl/N-ethyl adjacent to an activating group) is 1. The van der Waals surface area contributed by atoms with E-state index in [0.29, 0.717) is 17.2 Å². The second-order valence-corrected chi connectivity index (χ2v) is 3.62. The van der Waals surface area contributed by atoms with E-state index in [-0.39, 0.29) is 0 Å². The van der Waals surface area contributed by atoms with Crippen molar-refractivity contribution in [3.63, 3.8) is 0 Å². The zero-order chi connectivity index (χ0) is 14.4. The smallest absolute Gasteiger partial charge is 0.330 e. The van der Waals surface area contributed by atoms with Crippen LogP contribution in [0.25, 0.3) is 0 Å². The molecule has 0 aliphatic carbocycles. The molecule has 0 saturated heterocycles. The lowest BCUT2D eigenvalue weighted by molar-refractivity contribution is -0.142. The van der Waals surface area contributed by atoms with Crippen molar-refractivity contribution in [2.24, 2.45) is 0 Å². The number of hydrogen-bond acceptors (Lipinski definition) is 5. The number of carbonyl (C=O) groups is 2. The van der Waals surface area contributed by atoms with Crippen molar-refractivity contribution < 1.29 is 24.2 Å². The van der Waals surface area contributed by atoms with E-state index in [4.69, 9.17) is 14.6 Å². The minimum Gasteiger partial charge on any atom is -0.493 e. The number of rotatable bonds is 6. The summed E-state index contributed by atoms with van der Waals surface area (Å²) in [4.78, 5) is 22.5. The van der Waals surface area contributed by atoms with Crippen LogP contribution in [0, 0.1) is 0 Å². The second-order valence-electron chi connectivity index (χ2n) is 3.62. The summed E-state index contributed by atoms with van der Waals surface area (Å²) in [6.07, 6.45) is 0. The maximum absolute atomic E-state index is 11.7. The molecule has 3 N–H and O–H groups in total. The fourth-order valence-corrected chi connectivity index (χ4v) is 1.50. The van der Waals surface area contributed by atoms with Crippen LogP contribution >= 0.6 is 0 Å². The van der Waals surface area contributed by atoms with Crippen molar-refractivity contribution in [1.82, 2.24) is 5.32 Å². The molecule has 0 aliphatic heterocycles. The summed E-state index contributed by atoms with van der Waals surface area (Å²) < 4.78 is 10.1. The van der Waals surface area contributed by atoms with Crippen LogP contribution < -0.4 is 20.1 Å². The molecule has 0 radical (unpaired) electrons. The molecule has 104 valence electrons. The van der Waals surface area contributed by atoms with E-state index in [9.17, 15) is 9.59 Å². The lowest BCUT2D eigenvalue weighted by Crippen LogP contribution is -2.44. The minimum absolute atomic E-state index is 0.421. The summed E-state index contributed by atoms with van der Waals surface area (Å²) >= 11 is 0. The van der Waals surface area contributed by atoms with Crippen molar-refractivity contribution in [3.05, 3.63) is 18.2 Å². The quantitative estimate of drug-likeness (QED) is 0.643. The molecule has 1 aromatic carbocycles. The Kier molecular flexibility index (Phi) is 5.13. The van der Waals surface area contributed by atoms with Crippen molar-refractivity contribution in [3.8, 4) is 11.5 Å². The normalized spacial score (nSPS) is 11.5. The molecule has 0 bridgehead atoms. The van der Waals surface area contributed by atoms with E-state index in [2.05, 4.69) is 10.6 Å². The van der Waals surface area contributed by atoms with E-state index in [1.54, 1.807) is 18.2 Å². The Morgan fingerprint density at radius 1 is 1.21 bits per heavy atom. The Bertz CT molecular complexity index is 475. The van der Waals surface area contributed by atoms with Crippen molar-refractivity contribution in [1.29, 1.82) is 0 Å². The molecule has 0 spiro atoms. The summed E-state index contributed by atoms with van der Waals surface area (Å²) in [5, 5.41) is 13.7. The summed E-state index contributed by atoms with van der Waals surface area (Å²) in [6, 6.07) is 3.44. The number of aliphatic carboxylic acids is 1. The first-order chi connectivity index (χ1) is 9.03. The molecule has 0 aliphatic rings. The zero-order valence-electron chi connectivity index (χ0n) is 10.9. The van der Waals surface area contributed by atoms with Crippen LogP contribution in [0.2, 0.25) is 0 Å². The molecule has 1 aromatic rings. The summed E-state index contributed by atoms with van der Waals surface area (Å²) in [7, 11) is 4.36. The molecule has 0 saturated carbocycles. The third-order valence-corrected chi connectivity index (χ3v) is 2.45. The third-order valence-electron chi connectivity index (χ3n) is 2.45. The number of ether oxygens (including phenoxy) is 2. The molecule has 0 aromatic heterocycles. The van der Waals surface area contributed by atoms with Gasteiger partial charge in [0, 0.05) is 11.8 Å². The molecule has 1 amide bonds. The van der Waals surface area contributed by atoms with E-state index in [1.807, 2.05) is 0 Å². The number of carboxylic acids is 1. The Morgan fingerprint density at radius 2 is 1.84 bits per heavy atom. The summed E-state index contributed by atoms with van der Waals surface area (Å²) in [6.45, 7) is 0. The number of carboxylic acid groups (broad SMARTS) is 1. The van der Waals surface area contributed by atoms with Gasteiger partial charge >= 0.3 is 5.97 Å². The highest BCUT2D eigenvalue weighted by molar-refractivity contribution is 6.07. The Labute approximate surface area is 110 Å². The van der Waals surface area contributed by atoms with Gasteiger partial charge < -0.3 is 19.9 Å². The van der Waals surface area contributed by atoms with Crippen molar-refractivity contribution in [2.75, 3.05) is 26.6 Å². The van der Waals surface area contributed by atoms with Crippen LogP contribution in [-0.2, 0) is 9.59 Å². The topological polar surface area (TPSA) is 96.9 Å². The van der Waals surface area contributed by atoms with Gasteiger partial charge in [0.2, 0.25) is 0 Å². The minimum atomic E-state index is -1.31. The van der Waals surface area contributed by atoms with Gasteiger partial charge in [0.1, 0.15) is 0 Å². The first-order valence-corrected chi connectivity index (χ1v) is 5.46. The Morgan fingerprint density at radius 3 is 2.32 bits per heavy atom. The lowest BCUT2D eigenvalue weighted by atomic mass is 10.2. The van der Waals surface area contributed by atoms with E-state index < -0.39 is 17.9 Å².